The zero-order chi connectivity index (χ0) is 25.3. The van der Waals surface area contributed by atoms with Crippen LogP contribution < -0.4 is 11.1 Å². The van der Waals surface area contributed by atoms with E-state index in [1.807, 2.05) is 0 Å². The van der Waals surface area contributed by atoms with Gasteiger partial charge in [-0.2, -0.15) is 5.21 Å². The monoisotopic (exact) mass is 521 g/mol. The van der Waals surface area contributed by atoms with Crippen molar-refractivity contribution in [2.45, 2.75) is 34.3 Å². The average molecular weight is 522 g/mol. The minimum atomic E-state index is -1.40. The average Bonchev–Trinajstić information content (AvgIpc) is 3.33. The summed E-state index contributed by atoms with van der Waals surface area (Å²) in [5.74, 6) is -3.74. The summed E-state index contributed by atoms with van der Waals surface area (Å²) in [5.41, 5.74) is 6.30. The number of thioether (sulfide) groups is 2. The molecule has 4 atom stereocenters. The molecule has 14 nitrogen and oxygen atoms in total. The molecule has 1 saturated heterocycles. The van der Waals surface area contributed by atoms with Crippen molar-refractivity contribution in [3.63, 3.8) is 0 Å². The first-order valence-electron chi connectivity index (χ1n) is 10.0. The molecular formula is C19H19N7O7S2. The Labute approximate surface area is 205 Å². The summed E-state index contributed by atoms with van der Waals surface area (Å²) in [4.78, 5) is 50.2. The van der Waals surface area contributed by atoms with Crippen molar-refractivity contribution in [3.8, 4) is 5.75 Å². The quantitative estimate of drug-likeness (QED) is 0.177. The van der Waals surface area contributed by atoms with Crippen LogP contribution in [0.3, 0.4) is 0 Å². The van der Waals surface area contributed by atoms with Crippen molar-refractivity contribution < 1.29 is 34.5 Å². The molecule has 1 aromatic heterocycles. The van der Waals surface area contributed by atoms with Crippen molar-refractivity contribution in [1.29, 1.82) is 0 Å². The summed E-state index contributed by atoms with van der Waals surface area (Å²) < 4.78 is 0. The molecule has 184 valence electrons. The van der Waals surface area contributed by atoms with E-state index in [4.69, 9.17) is 5.73 Å². The molecule has 2 aliphatic heterocycles. The van der Waals surface area contributed by atoms with E-state index < -0.39 is 52.9 Å². The lowest BCUT2D eigenvalue weighted by Gasteiger charge is -2.50. The number of β-lactam (4-membered cyclic amide) rings is 1. The first-order valence-corrected chi connectivity index (χ1v) is 12.0. The summed E-state index contributed by atoms with van der Waals surface area (Å²) in [7, 11) is 0. The predicted molar refractivity (Wildman–Crippen MR) is 121 cm³/mol. The van der Waals surface area contributed by atoms with Crippen molar-refractivity contribution in [1.82, 2.24) is 30.8 Å². The van der Waals surface area contributed by atoms with Crippen LogP contribution in [0.25, 0.3) is 0 Å². The Bertz CT molecular complexity index is 1190. The summed E-state index contributed by atoms with van der Waals surface area (Å²) in [6.07, 6.45) is -0.430. The van der Waals surface area contributed by atoms with Gasteiger partial charge in [-0.3, -0.25) is 19.3 Å². The SMILES string of the molecule is NC(C(=O)NC1C(=O)N2C(C(=O)O)=C(C(CC(=O)O)Sc3nn[nH]n3)CS[C@H]12)c1ccc(O)cc1. The van der Waals surface area contributed by atoms with Crippen LogP contribution in [-0.2, 0) is 19.2 Å². The molecule has 0 spiro atoms. The fraction of sp³-hybridized carbons (Fsp3) is 0.316. The van der Waals surface area contributed by atoms with Gasteiger partial charge in [0.1, 0.15) is 28.9 Å². The van der Waals surface area contributed by atoms with Gasteiger partial charge in [-0.1, -0.05) is 23.9 Å². The zero-order valence-electron chi connectivity index (χ0n) is 17.7. The number of carboxylic acid groups (broad SMARTS) is 2. The zero-order valence-corrected chi connectivity index (χ0v) is 19.3. The van der Waals surface area contributed by atoms with E-state index in [0.29, 0.717) is 5.56 Å². The normalized spacial score (nSPS) is 21.1. The van der Waals surface area contributed by atoms with Crippen LogP contribution in [-0.4, -0.2) is 87.0 Å². The molecule has 0 radical (unpaired) electrons. The van der Waals surface area contributed by atoms with Crippen molar-refractivity contribution in [2.24, 2.45) is 5.73 Å². The third kappa shape index (κ3) is 4.94. The molecule has 16 heteroatoms. The number of hydrogen-bond donors (Lipinski definition) is 6. The number of phenols is 1. The van der Waals surface area contributed by atoms with Gasteiger partial charge in [-0.05, 0) is 28.5 Å². The van der Waals surface area contributed by atoms with Gasteiger partial charge in [0.05, 0.1) is 6.42 Å². The van der Waals surface area contributed by atoms with Crippen LogP contribution in [0.2, 0.25) is 0 Å². The number of hydrogen-bond acceptors (Lipinski definition) is 11. The molecule has 7 N–H and O–H groups in total. The first-order chi connectivity index (χ1) is 16.7. The largest absolute Gasteiger partial charge is 0.508 e. The molecule has 1 fully saturated rings. The van der Waals surface area contributed by atoms with E-state index in [0.717, 1.165) is 16.7 Å². The van der Waals surface area contributed by atoms with Gasteiger partial charge in [0.25, 0.3) is 5.91 Å². The van der Waals surface area contributed by atoms with E-state index in [1.165, 1.54) is 36.0 Å². The maximum atomic E-state index is 12.9. The Morgan fingerprint density at radius 2 is 2.00 bits per heavy atom. The summed E-state index contributed by atoms with van der Waals surface area (Å²) in [5, 5.41) is 43.0. The molecular weight excluding hydrogens is 502 g/mol. The van der Waals surface area contributed by atoms with Gasteiger partial charge < -0.3 is 26.4 Å². The van der Waals surface area contributed by atoms with Crippen molar-refractivity contribution >= 4 is 47.3 Å². The molecule has 3 unspecified atom stereocenters. The number of aromatic nitrogens is 4. The Kier molecular flexibility index (Phi) is 6.95. The lowest BCUT2D eigenvalue weighted by atomic mass is 9.99. The van der Waals surface area contributed by atoms with E-state index in [9.17, 15) is 34.5 Å². The number of fused-ring (bicyclic) bond motifs is 1. The van der Waals surface area contributed by atoms with Gasteiger partial charge in [-0.25, -0.2) is 4.79 Å². The van der Waals surface area contributed by atoms with Gasteiger partial charge in [0.2, 0.25) is 11.1 Å². The van der Waals surface area contributed by atoms with Crippen LogP contribution in [0.5, 0.6) is 5.75 Å². The van der Waals surface area contributed by atoms with Crippen molar-refractivity contribution in [2.75, 3.05) is 5.75 Å². The number of amides is 2. The number of phenolic OH excluding ortho intramolecular Hbond substituents is 1. The Hall–Kier alpha value is -3.63. The van der Waals surface area contributed by atoms with E-state index >= 15 is 0 Å². The minimum absolute atomic E-state index is 0.00673. The summed E-state index contributed by atoms with van der Waals surface area (Å²) >= 11 is 2.12. The molecule has 0 saturated carbocycles. The number of carboxylic acids is 2. The lowest BCUT2D eigenvalue weighted by Crippen LogP contribution is -2.71. The van der Waals surface area contributed by atoms with Crippen LogP contribution >= 0.6 is 23.5 Å². The molecule has 2 amide bonds. The topological polar surface area (TPSA) is 225 Å². The highest BCUT2D eigenvalue weighted by Gasteiger charge is 2.55. The van der Waals surface area contributed by atoms with Crippen LogP contribution in [0.1, 0.15) is 18.0 Å². The minimum Gasteiger partial charge on any atom is -0.508 e. The number of H-pyrrole nitrogens is 1. The Morgan fingerprint density at radius 3 is 2.60 bits per heavy atom. The highest BCUT2D eigenvalue weighted by Crippen LogP contribution is 2.44. The first kappa shape index (κ1) is 24.5. The highest BCUT2D eigenvalue weighted by molar-refractivity contribution is 8.01. The van der Waals surface area contributed by atoms with E-state index in [2.05, 4.69) is 25.9 Å². The number of carbonyl (C=O) groups excluding carboxylic acids is 2. The number of benzene rings is 1. The maximum absolute atomic E-state index is 12.9. The number of carbonyl (C=O) groups is 4. The molecule has 0 bridgehead atoms. The molecule has 4 rings (SSSR count). The lowest BCUT2D eigenvalue weighted by molar-refractivity contribution is -0.150. The number of rotatable bonds is 9. The number of nitrogens with zero attached hydrogens (tertiary/aromatic N) is 4. The van der Waals surface area contributed by atoms with Crippen LogP contribution in [0, 0.1) is 0 Å². The highest BCUT2D eigenvalue weighted by atomic mass is 32.2. The molecule has 0 aliphatic carbocycles. The Balaban J connectivity index is 1.54. The molecule has 2 aliphatic rings. The maximum Gasteiger partial charge on any atom is 0.352 e. The van der Waals surface area contributed by atoms with E-state index in [-0.39, 0.29) is 27.9 Å². The number of nitrogens with two attached hydrogens (primary N) is 1. The van der Waals surface area contributed by atoms with Gasteiger partial charge in [0, 0.05) is 11.0 Å². The fourth-order valence-corrected chi connectivity index (χ4v) is 6.22. The number of tetrazole rings is 1. The summed E-state index contributed by atoms with van der Waals surface area (Å²) in [6.45, 7) is 0. The van der Waals surface area contributed by atoms with Gasteiger partial charge >= 0.3 is 11.9 Å². The predicted octanol–water partition coefficient (Wildman–Crippen LogP) is -0.721. The van der Waals surface area contributed by atoms with Gasteiger partial charge in [-0.15, -0.1) is 22.0 Å². The molecule has 3 heterocycles. The van der Waals surface area contributed by atoms with Crippen molar-refractivity contribution in [3.05, 3.63) is 41.1 Å². The number of aromatic hydroxyl groups is 1. The third-order valence-electron chi connectivity index (χ3n) is 5.36. The number of aliphatic carboxylic acids is 2. The standard InChI is InChI=1S/C19H19N7O7S2/c20-12(7-1-3-8(27)4-2-7)15(30)21-13-16(31)26-14(18(32)33)9(6-34-17(13)26)10(5-11(28)29)35-19-22-24-25-23-19/h1-4,10,12-13,17,27H,5-6,20H2,(H,21,30)(H,28,29)(H,32,33)(H,22,23,24,25)/t10?,12?,13?,17-/m1/s1. The van der Waals surface area contributed by atoms with E-state index in [1.54, 1.807) is 0 Å². The second kappa shape index (κ2) is 9.93. The number of nitrogens with one attached hydrogen (secondary N) is 2. The third-order valence-corrected chi connectivity index (χ3v) is 7.78. The number of aromatic amines is 1. The fourth-order valence-electron chi connectivity index (χ4n) is 3.69. The van der Waals surface area contributed by atoms with Gasteiger partial charge in [0.15, 0.2) is 0 Å². The Morgan fingerprint density at radius 1 is 1.29 bits per heavy atom. The second-order valence-corrected chi connectivity index (χ2v) is 9.82. The molecule has 35 heavy (non-hydrogen) atoms. The molecule has 2 aromatic rings. The van der Waals surface area contributed by atoms with Crippen LogP contribution in [0.15, 0.2) is 40.7 Å². The molecule has 1 aromatic carbocycles. The summed E-state index contributed by atoms with van der Waals surface area (Å²) in [6, 6.07) is 3.59. The second-order valence-electron chi connectivity index (χ2n) is 7.54. The van der Waals surface area contributed by atoms with Crippen LogP contribution in [0.4, 0.5) is 0 Å². The smallest absolute Gasteiger partial charge is 0.352 e.